The van der Waals surface area contributed by atoms with Crippen LogP contribution in [-0.2, 0) is 4.74 Å². The molecule has 0 saturated heterocycles. The fraction of sp³-hybridized carbons (Fsp3) is 0.300. The minimum absolute atomic E-state index is 0.158. The molecule has 0 fully saturated rings. The van der Waals surface area contributed by atoms with Gasteiger partial charge < -0.3 is 9.47 Å². The lowest BCUT2D eigenvalue weighted by molar-refractivity contribution is 0.0500. The first-order valence-corrected chi connectivity index (χ1v) is 3.96. The first-order valence-electron chi connectivity index (χ1n) is 3.96. The Hall–Kier alpha value is -1.35. The van der Waals surface area contributed by atoms with E-state index < -0.39 is 0 Å². The summed E-state index contributed by atoms with van der Waals surface area (Å²) in [4.78, 5) is 10.6. The highest BCUT2D eigenvalue weighted by Gasteiger charge is 2.04. The monoisotopic (exact) mass is 180 g/mol. The van der Waals surface area contributed by atoms with Gasteiger partial charge in [0.25, 0.3) is 0 Å². The lowest BCUT2D eigenvalue weighted by Crippen LogP contribution is -2.02. The normalized spacial score (nSPS) is 9.69. The smallest absolute Gasteiger partial charge is 0.188 e. The van der Waals surface area contributed by atoms with E-state index in [4.69, 9.17) is 9.47 Å². The number of ether oxygens (including phenoxy) is 2. The van der Waals surface area contributed by atoms with Crippen molar-refractivity contribution in [3.63, 3.8) is 0 Å². The van der Waals surface area contributed by atoms with E-state index in [0.29, 0.717) is 11.3 Å². The second kappa shape index (κ2) is 4.62. The number of hydrogen-bond acceptors (Lipinski definition) is 3. The maximum atomic E-state index is 10.6. The number of aryl methyl sites for hydroxylation is 1. The Kier molecular flexibility index (Phi) is 3.46. The number of para-hydroxylation sites is 1. The van der Waals surface area contributed by atoms with Gasteiger partial charge in [-0.3, -0.25) is 4.79 Å². The molecule has 0 aliphatic rings. The molecule has 0 aliphatic carbocycles. The van der Waals surface area contributed by atoms with Crippen LogP contribution in [-0.4, -0.2) is 20.2 Å². The van der Waals surface area contributed by atoms with Crippen LogP contribution in [0.3, 0.4) is 0 Å². The maximum Gasteiger partial charge on any atom is 0.188 e. The van der Waals surface area contributed by atoms with Crippen LogP contribution in [0.5, 0.6) is 5.75 Å². The molecule has 1 aromatic carbocycles. The number of aldehydes is 1. The molecule has 3 nitrogen and oxygen atoms in total. The van der Waals surface area contributed by atoms with Crippen molar-refractivity contribution in [2.45, 2.75) is 6.92 Å². The van der Waals surface area contributed by atoms with Crippen LogP contribution in [0.15, 0.2) is 18.2 Å². The van der Waals surface area contributed by atoms with Crippen molar-refractivity contribution in [3.05, 3.63) is 29.3 Å². The molecule has 3 heteroatoms. The standard InChI is InChI=1S/C10H12O3/c1-8-4-3-5-9(6-11)10(8)13-7-12-2/h3-6H,7H2,1-2H3. The number of methoxy groups -OCH3 is 1. The van der Waals surface area contributed by atoms with Gasteiger partial charge in [0, 0.05) is 7.11 Å². The van der Waals surface area contributed by atoms with E-state index in [-0.39, 0.29) is 6.79 Å². The van der Waals surface area contributed by atoms with Gasteiger partial charge in [0.15, 0.2) is 13.1 Å². The molecule has 13 heavy (non-hydrogen) atoms. The molecular formula is C10H12O3. The van der Waals surface area contributed by atoms with E-state index in [0.717, 1.165) is 11.8 Å². The Balaban J connectivity index is 2.93. The van der Waals surface area contributed by atoms with Gasteiger partial charge in [0.1, 0.15) is 5.75 Å². The summed E-state index contributed by atoms with van der Waals surface area (Å²) in [7, 11) is 1.54. The molecule has 0 bridgehead atoms. The van der Waals surface area contributed by atoms with E-state index >= 15 is 0 Å². The molecule has 1 aromatic rings. The molecule has 0 radical (unpaired) electrons. The number of benzene rings is 1. The predicted octanol–water partition coefficient (Wildman–Crippen LogP) is 1.79. The first-order chi connectivity index (χ1) is 6.29. The van der Waals surface area contributed by atoms with Crippen LogP contribution < -0.4 is 4.74 Å². The highest BCUT2D eigenvalue weighted by atomic mass is 16.7. The number of hydrogen-bond donors (Lipinski definition) is 0. The van der Waals surface area contributed by atoms with Gasteiger partial charge in [0.05, 0.1) is 5.56 Å². The topological polar surface area (TPSA) is 35.5 Å². The van der Waals surface area contributed by atoms with Crippen molar-refractivity contribution >= 4 is 6.29 Å². The molecule has 0 amide bonds. The summed E-state index contributed by atoms with van der Waals surface area (Å²) in [6, 6.07) is 5.42. The van der Waals surface area contributed by atoms with Crippen molar-refractivity contribution in [1.82, 2.24) is 0 Å². The van der Waals surface area contributed by atoms with E-state index in [1.165, 1.54) is 0 Å². The van der Waals surface area contributed by atoms with Gasteiger partial charge in [-0.05, 0) is 18.6 Å². The fourth-order valence-electron chi connectivity index (χ4n) is 1.08. The van der Waals surface area contributed by atoms with Crippen LogP contribution >= 0.6 is 0 Å². The molecule has 1 rings (SSSR count). The van der Waals surface area contributed by atoms with Crippen LogP contribution in [0.2, 0.25) is 0 Å². The molecule has 70 valence electrons. The largest absolute Gasteiger partial charge is 0.467 e. The van der Waals surface area contributed by atoms with Gasteiger partial charge >= 0.3 is 0 Å². The van der Waals surface area contributed by atoms with Gasteiger partial charge in [-0.15, -0.1) is 0 Å². The highest BCUT2D eigenvalue weighted by molar-refractivity contribution is 5.80. The quantitative estimate of drug-likeness (QED) is 0.523. The zero-order valence-electron chi connectivity index (χ0n) is 7.74. The molecule has 0 N–H and O–H groups in total. The molecule has 0 aromatic heterocycles. The third-order valence-electron chi connectivity index (χ3n) is 1.69. The minimum atomic E-state index is 0.158. The Morgan fingerprint density at radius 2 is 2.23 bits per heavy atom. The summed E-state index contributed by atoms with van der Waals surface area (Å²) in [5.41, 5.74) is 1.48. The molecule has 0 heterocycles. The van der Waals surface area contributed by atoms with Gasteiger partial charge in [0.2, 0.25) is 0 Å². The SMILES string of the molecule is COCOc1c(C)cccc1C=O. The molecule has 0 unspecified atom stereocenters. The Labute approximate surface area is 77.3 Å². The average Bonchev–Trinajstić information content (AvgIpc) is 2.15. The van der Waals surface area contributed by atoms with Crippen LogP contribution in [0.25, 0.3) is 0 Å². The number of rotatable bonds is 4. The molecule has 0 saturated carbocycles. The Bertz CT molecular complexity index is 294. The van der Waals surface area contributed by atoms with E-state index in [1.807, 2.05) is 19.1 Å². The zero-order chi connectivity index (χ0) is 9.68. The lowest BCUT2D eigenvalue weighted by Gasteiger charge is -2.09. The summed E-state index contributed by atoms with van der Waals surface area (Å²) in [5, 5.41) is 0. The summed E-state index contributed by atoms with van der Waals surface area (Å²) >= 11 is 0. The lowest BCUT2D eigenvalue weighted by atomic mass is 10.1. The third-order valence-corrected chi connectivity index (χ3v) is 1.69. The van der Waals surface area contributed by atoms with E-state index in [9.17, 15) is 4.79 Å². The maximum absolute atomic E-state index is 10.6. The van der Waals surface area contributed by atoms with Crippen LogP contribution in [0.4, 0.5) is 0 Å². The predicted molar refractivity (Wildman–Crippen MR) is 49.1 cm³/mol. The van der Waals surface area contributed by atoms with Crippen molar-refractivity contribution in [1.29, 1.82) is 0 Å². The third kappa shape index (κ3) is 2.29. The minimum Gasteiger partial charge on any atom is -0.467 e. The van der Waals surface area contributed by atoms with Crippen molar-refractivity contribution in [2.75, 3.05) is 13.9 Å². The van der Waals surface area contributed by atoms with Crippen molar-refractivity contribution in [3.8, 4) is 5.75 Å². The van der Waals surface area contributed by atoms with Gasteiger partial charge in [-0.25, -0.2) is 0 Å². The van der Waals surface area contributed by atoms with Crippen molar-refractivity contribution < 1.29 is 14.3 Å². The number of carbonyl (C=O) groups is 1. The van der Waals surface area contributed by atoms with Crippen LogP contribution in [0.1, 0.15) is 15.9 Å². The molecule has 0 aliphatic heterocycles. The highest BCUT2D eigenvalue weighted by Crippen LogP contribution is 2.21. The summed E-state index contributed by atoms with van der Waals surface area (Å²) in [5.74, 6) is 0.597. The van der Waals surface area contributed by atoms with Crippen LogP contribution in [0, 0.1) is 6.92 Å². The summed E-state index contributed by atoms with van der Waals surface area (Å²) in [6.07, 6.45) is 0.776. The van der Waals surface area contributed by atoms with Crippen molar-refractivity contribution in [2.24, 2.45) is 0 Å². The Morgan fingerprint density at radius 3 is 2.85 bits per heavy atom. The molecule has 0 atom stereocenters. The van der Waals surface area contributed by atoms with E-state index in [1.54, 1.807) is 13.2 Å². The summed E-state index contributed by atoms with van der Waals surface area (Å²) in [6.45, 7) is 2.05. The molecule has 0 spiro atoms. The van der Waals surface area contributed by atoms with E-state index in [2.05, 4.69) is 0 Å². The van der Waals surface area contributed by atoms with Gasteiger partial charge in [-0.2, -0.15) is 0 Å². The second-order valence-electron chi connectivity index (χ2n) is 2.66. The zero-order valence-corrected chi connectivity index (χ0v) is 7.74. The second-order valence-corrected chi connectivity index (χ2v) is 2.66. The average molecular weight is 180 g/mol. The van der Waals surface area contributed by atoms with Gasteiger partial charge in [-0.1, -0.05) is 12.1 Å². The Morgan fingerprint density at radius 1 is 1.46 bits per heavy atom. The molecular weight excluding hydrogens is 168 g/mol. The summed E-state index contributed by atoms with van der Waals surface area (Å²) < 4.78 is 10.0. The first kappa shape index (κ1) is 9.74. The number of carbonyl (C=O) groups excluding carboxylic acids is 1. The fourth-order valence-corrected chi connectivity index (χ4v) is 1.08.